The van der Waals surface area contributed by atoms with Gasteiger partial charge in [-0.2, -0.15) is 0 Å². The first kappa shape index (κ1) is 30.9. The molecule has 2 atom stereocenters. The quantitative estimate of drug-likeness (QED) is 0.388. The molecule has 4 N–H and O–H groups in total. The molecule has 0 aromatic heterocycles. The maximum absolute atomic E-state index is 14.1. The third kappa shape index (κ3) is 6.41. The molecule has 0 bridgehead atoms. The molecule has 1 amide bonds. The molecule has 4 rings (SSSR count). The molecule has 0 spiro atoms. The Hall–Kier alpha value is -3.59. The van der Waals surface area contributed by atoms with Crippen LogP contribution in [0.5, 0.6) is 11.5 Å². The van der Waals surface area contributed by atoms with Crippen molar-refractivity contribution in [3.63, 3.8) is 0 Å². The topological polar surface area (TPSA) is 109 Å². The number of aliphatic imine (C=N–C) groups is 1. The fourth-order valence-electron chi connectivity index (χ4n) is 5.04. The number of carbonyl (C=O) groups is 1. The van der Waals surface area contributed by atoms with E-state index in [1.54, 1.807) is 13.0 Å². The number of nitrogens with two attached hydrogens (primary N) is 1. The number of fused-ring (bicyclic) bond motifs is 1. The highest BCUT2D eigenvalue weighted by Crippen LogP contribution is 2.39. The standard InChI is InChI=1S/C29H37FN4O4.C2H6/c1-6-29(7-2)15-25(35)34(27(31)33-29)16-20-13-19(9-11-23(20)37-8-3)18(4)32-26-22-14-21(30)10-12-24(22)38-17-28(26,5)36;1-2/h9-14,26,32,36H,4,6-8,15-17H2,1-3,5H3,(H2,31,33);1-2H3. The molecule has 0 saturated heterocycles. The van der Waals surface area contributed by atoms with Crippen molar-refractivity contribution in [3.8, 4) is 11.5 Å². The van der Waals surface area contributed by atoms with Crippen molar-refractivity contribution in [1.29, 1.82) is 0 Å². The van der Waals surface area contributed by atoms with E-state index in [1.807, 2.05) is 52.8 Å². The third-order valence-corrected chi connectivity index (χ3v) is 7.51. The first-order valence-corrected chi connectivity index (χ1v) is 14.0. The van der Waals surface area contributed by atoms with Gasteiger partial charge in [0.15, 0.2) is 5.96 Å². The number of nitrogens with one attached hydrogen (secondary N) is 1. The summed E-state index contributed by atoms with van der Waals surface area (Å²) in [5.74, 6) is 0.822. The van der Waals surface area contributed by atoms with Crippen LogP contribution >= 0.6 is 0 Å². The smallest absolute Gasteiger partial charge is 0.232 e. The van der Waals surface area contributed by atoms with Gasteiger partial charge in [0.25, 0.3) is 0 Å². The minimum atomic E-state index is -1.31. The van der Waals surface area contributed by atoms with Gasteiger partial charge in [-0.1, -0.05) is 34.3 Å². The minimum absolute atomic E-state index is 0.0395. The van der Waals surface area contributed by atoms with Crippen LogP contribution in [0.25, 0.3) is 5.70 Å². The fraction of sp³-hybridized carbons (Fsp3) is 0.484. The molecule has 0 aliphatic carbocycles. The first-order chi connectivity index (χ1) is 19.0. The number of ether oxygens (including phenoxy) is 2. The molecule has 2 unspecified atom stereocenters. The van der Waals surface area contributed by atoms with Crippen molar-refractivity contribution < 1.29 is 23.8 Å². The van der Waals surface area contributed by atoms with Crippen molar-refractivity contribution in [2.24, 2.45) is 10.7 Å². The molecular formula is C31H43FN4O4. The predicted octanol–water partition coefficient (Wildman–Crippen LogP) is 5.30. The van der Waals surface area contributed by atoms with E-state index in [0.717, 1.165) is 24.0 Å². The van der Waals surface area contributed by atoms with E-state index in [9.17, 15) is 14.3 Å². The van der Waals surface area contributed by atoms with Crippen LogP contribution in [0.3, 0.4) is 0 Å². The summed E-state index contributed by atoms with van der Waals surface area (Å²) in [5.41, 5.74) is 7.00. The van der Waals surface area contributed by atoms with Crippen molar-refractivity contribution in [3.05, 3.63) is 65.5 Å². The summed E-state index contributed by atoms with van der Waals surface area (Å²) in [5, 5.41) is 14.3. The maximum atomic E-state index is 14.1. The predicted molar refractivity (Wildman–Crippen MR) is 156 cm³/mol. The fourth-order valence-corrected chi connectivity index (χ4v) is 5.04. The molecule has 0 fully saturated rings. The van der Waals surface area contributed by atoms with Gasteiger partial charge in [-0.15, -0.1) is 0 Å². The van der Waals surface area contributed by atoms with Crippen molar-refractivity contribution >= 4 is 17.6 Å². The lowest BCUT2D eigenvalue weighted by Gasteiger charge is -2.39. The van der Waals surface area contributed by atoms with Crippen LogP contribution in [-0.2, 0) is 11.3 Å². The highest BCUT2D eigenvalue weighted by atomic mass is 19.1. The summed E-state index contributed by atoms with van der Waals surface area (Å²) in [7, 11) is 0. The van der Waals surface area contributed by atoms with Crippen molar-refractivity contribution in [1.82, 2.24) is 10.2 Å². The Labute approximate surface area is 237 Å². The van der Waals surface area contributed by atoms with Crippen LogP contribution in [-0.4, -0.2) is 46.2 Å². The van der Waals surface area contributed by atoms with Crippen LogP contribution in [0, 0.1) is 5.82 Å². The highest BCUT2D eigenvalue weighted by molar-refractivity contribution is 5.99. The number of hydrogen-bond donors (Lipinski definition) is 3. The molecular weight excluding hydrogens is 511 g/mol. The first-order valence-electron chi connectivity index (χ1n) is 14.0. The van der Waals surface area contributed by atoms with E-state index in [4.69, 9.17) is 20.2 Å². The van der Waals surface area contributed by atoms with E-state index < -0.39 is 23.0 Å². The van der Waals surface area contributed by atoms with Crippen LogP contribution in [0.4, 0.5) is 4.39 Å². The van der Waals surface area contributed by atoms with E-state index in [0.29, 0.717) is 35.8 Å². The van der Waals surface area contributed by atoms with Gasteiger partial charge in [0, 0.05) is 16.8 Å². The molecule has 9 heteroatoms. The molecule has 2 aliphatic rings. The Kier molecular flexibility index (Phi) is 9.84. The summed E-state index contributed by atoms with van der Waals surface area (Å²) < 4.78 is 25.6. The molecule has 2 aromatic carbocycles. The number of hydrogen-bond acceptors (Lipinski definition) is 7. The monoisotopic (exact) mass is 554 g/mol. The van der Waals surface area contributed by atoms with E-state index in [1.165, 1.54) is 17.0 Å². The zero-order chi connectivity index (χ0) is 29.7. The molecule has 40 heavy (non-hydrogen) atoms. The number of benzene rings is 2. The number of aliphatic hydroxyl groups is 1. The Bertz CT molecular complexity index is 1260. The van der Waals surface area contributed by atoms with Gasteiger partial charge in [0.1, 0.15) is 29.5 Å². The minimum Gasteiger partial charge on any atom is -0.494 e. The van der Waals surface area contributed by atoms with Gasteiger partial charge in [-0.05, 0) is 68.7 Å². The molecule has 2 heterocycles. The lowest BCUT2D eigenvalue weighted by molar-refractivity contribution is -0.130. The summed E-state index contributed by atoms with van der Waals surface area (Å²) in [4.78, 5) is 19.3. The highest BCUT2D eigenvalue weighted by Gasteiger charge is 2.40. The zero-order valence-electron chi connectivity index (χ0n) is 24.5. The van der Waals surface area contributed by atoms with E-state index in [-0.39, 0.29) is 25.0 Å². The van der Waals surface area contributed by atoms with Gasteiger partial charge in [-0.3, -0.25) is 9.69 Å². The largest absolute Gasteiger partial charge is 0.494 e. The summed E-state index contributed by atoms with van der Waals surface area (Å²) in [6.45, 7) is 16.4. The maximum Gasteiger partial charge on any atom is 0.232 e. The second-order valence-corrected chi connectivity index (χ2v) is 10.2. The second kappa shape index (κ2) is 12.7. The van der Waals surface area contributed by atoms with E-state index in [2.05, 4.69) is 11.9 Å². The lowest BCUT2D eigenvalue weighted by atomic mass is 9.87. The van der Waals surface area contributed by atoms with Crippen LogP contribution in [0.15, 0.2) is 48.0 Å². The summed E-state index contributed by atoms with van der Waals surface area (Å²) in [6, 6.07) is 9.12. The van der Waals surface area contributed by atoms with E-state index >= 15 is 0 Å². The number of nitrogens with zero attached hydrogens (tertiary/aromatic N) is 2. The molecule has 218 valence electrons. The van der Waals surface area contributed by atoms with Crippen LogP contribution in [0.2, 0.25) is 0 Å². The molecule has 8 nitrogen and oxygen atoms in total. The number of halogens is 1. The van der Waals surface area contributed by atoms with Gasteiger partial charge < -0.3 is 25.6 Å². The molecule has 0 saturated carbocycles. The van der Waals surface area contributed by atoms with Gasteiger partial charge in [0.2, 0.25) is 5.91 Å². The van der Waals surface area contributed by atoms with Crippen LogP contribution in [0.1, 0.15) is 83.5 Å². The molecule has 0 radical (unpaired) electrons. The molecule has 2 aliphatic heterocycles. The Morgan fingerprint density at radius 1 is 1.25 bits per heavy atom. The number of amides is 1. The van der Waals surface area contributed by atoms with Crippen molar-refractivity contribution in [2.45, 2.75) is 84.5 Å². The normalized spacial score (nSPS) is 21.3. The van der Waals surface area contributed by atoms with Crippen molar-refractivity contribution in [2.75, 3.05) is 13.2 Å². The molecule has 2 aromatic rings. The zero-order valence-corrected chi connectivity index (χ0v) is 24.5. The summed E-state index contributed by atoms with van der Waals surface area (Å²) >= 11 is 0. The average Bonchev–Trinajstić information content (AvgIpc) is 2.94. The Morgan fingerprint density at radius 2 is 1.95 bits per heavy atom. The number of carbonyl (C=O) groups excluding carboxylic acids is 1. The van der Waals surface area contributed by atoms with Gasteiger partial charge in [-0.25, -0.2) is 9.38 Å². The second-order valence-electron chi connectivity index (χ2n) is 10.2. The summed E-state index contributed by atoms with van der Waals surface area (Å²) in [6.07, 6.45) is 1.77. The Balaban J connectivity index is 0.00000216. The van der Waals surface area contributed by atoms with Crippen LogP contribution < -0.4 is 20.5 Å². The SMILES string of the molecule is C=C(NC1c2cc(F)ccc2OCC1(C)O)c1ccc(OCC)c(CN2C(=O)CC(CC)(CC)N=C2N)c1.CC. The number of rotatable bonds is 9. The third-order valence-electron chi connectivity index (χ3n) is 7.51. The van der Waals surface area contributed by atoms with Gasteiger partial charge >= 0.3 is 0 Å². The average molecular weight is 555 g/mol. The van der Waals surface area contributed by atoms with Gasteiger partial charge in [0.05, 0.1) is 31.2 Å². The number of guanidine groups is 1. The lowest BCUT2D eigenvalue weighted by Crippen LogP contribution is -2.50. The Morgan fingerprint density at radius 3 is 2.58 bits per heavy atom.